The summed E-state index contributed by atoms with van der Waals surface area (Å²) in [6.07, 6.45) is 0.298. The summed E-state index contributed by atoms with van der Waals surface area (Å²) < 4.78 is 26.1. The van der Waals surface area contributed by atoms with Crippen molar-refractivity contribution >= 4 is 29.1 Å². The van der Waals surface area contributed by atoms with E-state index in [2.05, 4.69) is 26.3 Å². The predicted octanol–water partition coefficient (Wildman–Crippen LogP) is 4.16. The molecule has 2 aromatic carbocycles. The third-order valence-electron chi connectivity index (χ3n) is 5.89. The van der Waals surface area contributed by atoms with Gasteiger partial charge in [0.25, 0.3) is 17.7 Å². The van der Waals surface area contributed by atoms with Crippen molar-refractivity contribution in [2.45, 2.75) is 51.0 Å². The number of benzene rings is 2. The SMILES string of the molecule is CC(C)c1cc(C(=O)NC2=NCCCN2)ccc1Nc1cccc(C(=O)NC2CC(F)(F)C2)c1. The van der Waals surface area contributed by atoms with Crippen LogP contribution in [0.3, 0.4) is 0 Å². The third-order valence-corrected chi connectivity index (χ3v) is 5.89. The van der Waals surface area contributed by atoms with Crippen LogP contribution in [0.4, 0.5) is 20.2 Å². The van der Waals surface area contributed by atoms with Gasteiger partial charge in [0.1, 0.15) is 0 Å². The van der Waals surface area contributed by atoms with Crippen molar-refractivity contribution in [1.29, 1.82) is 0 Å². The monoisotopic (exact) mass is 469 g/mol. The zero-order chi connectivity index (χ0) is 24.3. The van der Waals surface area contributed by atoms with Crippen LogP contribution in [0.2, 0.25) is 0 Å². The summed E-state index contributed by atoms with van der Waals surface area (Å²) in [6, 6.07) is 11.8. The number of nitrogens with one attached hydrogen (secondary N) is 4. The van der Waals surface area contributed by atoms with Crippen molar-refractivity contribution in [3.63, 3.8) is 0 Å². The summed E-state index contributed by atoms with van der Waals surface area (Å²) in [5.74, 6) is -2.67. The van der Waals surface area contributed by atoms with Gasteiger partial charge in [0.2, 0.25) is 0 Å². The van der Waals surface area contributed by atoms with Crippen molar-refractivity contribution in [1.82, 2.24) is 16.0 Å². The first-order valence-electron chi connectivity index (χ1n) is 11.5. The van der Waals surface area contributed by atoms with Gasteiger partial charge in [-0.2, -0.15) is 0 Å². The van der Waals surface area contributed by atoms with E-state index in [0.717, 1.165) is 24.2 Å². The Kier molecular flexibility index (Phi) is 6.81. The number of rotatable bonds is 6. The van der Waals surface area contributed by atoms with Gasteiger partial charge in [0.05, 0.1) is 0 Å². The minimum Gasteiger partial charge on any atom is -0.356 e. The highest BCUT2D eigenvalue weighted by Gasteiger charge is 2.45. The van der Waals surface area contributed by atoms with E-state index >= 15 is 0 Å². The Bertz CT molecular complexity index is 1110. The largest absolute Gasteiger partial charge is 0.356 e. The number of anilines is 2. The molecule has 0 atom stereocenters. The Morgan fingerprint density at radius 2 is 1.85 bits per heavy atom. The topological polar surface area (TPSA) is 94.6 Å². The molecule has 0 bridgehead atoms. The normalized spacial score (nSPS) is 17.3. The Hall–Kier alpha value is -3.49. The molecule has 7 nitrogen and oxygen atoms in total. The van der Waals surface area contributed by atoms with Crippen molar-refractivity contribution < 1.29 is 18.4 Å². The van der Waals surface area contributed by atoms with E-state index in [1.165, 1.54) is 0 Å². The van der Waals surface area contributed by atoms with Crippen LogP contribution in [-0.2, 0) is 0 Å². The number of alkyl halides is 2. The van der Waals surface area contributed by atoms with Crippen molar-refractivity contribution in [2.75, 3.05) is 18.4 Å². The van der Waals surface area contributed by atoms with Crippen LogP contribution in [0.25, 0.3) is 0 Å². The summed E-state index contributed by atoms with van der Waals surface area (Å²) in [5.41, 5.74) is 3.36. The molecule has 4 N–H and O–H groups in total. The highest BCUT2D eigenvalue weighted by molar-refractivity contribution is 6.06. The number of aliphatic imine (C=N–C) groups is 1. The minimum absolute atomic E-state index is 0.132. The zero-order valence-electron chi connectivity index (χ0n) is 19.3. The second-order valence-electron chi connectivity index (χ2n) is 9.06. The van der Waals surface area contributed by atoms with Crippen molar-refractivity contribution in [3.8, 4) is 0 Å². The number of hydrogen-bond donors (Lipinski definition) is 4. The molecule has 1 saturated carbocycles. The standard InChI is InChI=1S/C25H29F2N5O2/c1-15(2)20-12-17(23(34)32-24-28-9-4-10-29-24)7-8-21(20)30-18-6-3-5-16(11-18)22(33)31-19-13-25(26,27)14-19/h3,5-8,11-12,15,19,30H,4,9-10,13-14H2,1-2H3,(H,31,33)(H2,28,29,32,34). The maximum atomic E-state index is 13.1. The average Bonchev–Trinajstić information content (AvgIpc) is 2.78. The maximum Gasteiger partial charge on any atom is 0.257 e. The van der Waals surface area contributed by atoms with Gasteiger partial charge in [-0.25, -0.2) is 8.78 Å². The molecule has 34 heavy (non-hydrogen) atoms. The lowest BCUT2D eigenvalue weighted by atomic mass is 9.88. The average molecular weight is 470 g/mol. The van der Waals surface area contributed by atoms with Gasteiger partial charge in [-0.3, -0.25) is 19.9 Å². The fraction of sp³-hybridized carbons (Fsp3) is 0.400. The highest BCUT2D eigenvalue weighted by atomic mass is 19.3. The van der Waals surface area contributed by atoms with Gasteiger partial charge in [-0.15, -0.1) is 0 Å². The summed E-state index contributed by atoms with van der Waals surface area (Å²) in [5, 5.41) is 11.9. The minimum atomic E-state index is -2.68. The number of carbonyl (C=O) groups is 2. The number of carbonyl (C=O) groups excluding carboxylic acids is 2. The molecular weight excluding hydrogens is 440 g/mol. The molecule has 4 rings (SSSR count). The predicted molar refractivity (Wildman–Crippen MR) is 128 cm³/mol. The first-order valence-corrected chi connectivity index (χ1v) is 11.5. The molecule has 2 aliphatic rings. The van der Waals surface area contributed by atoms with Gasteiger partial charge in [-0.05, 0) is 54.3 Å². The van der Waals surface area contributed by atoms with Gasteiger partial charge >= 0.3 is 0 Å². The fourth-order valence-electron chi connectivity index (χ4n) is 4.02. The van der Waals surface area contributed by atoms with Crippen molar-refractivity contribution in [2.24, 2.45) is 4.99 Å². The molecule has 2 aromatic rings. The summed E-state index contributed by atoms with van der Waals surface area (Å²) >= 11 is 0. The smallest absolute Gasteiger partial charge is 0.257 e. The molecule has 2 amide bonds. The summed E-state index contributed by atoms with van der Waals surface area (Å²) in [7, 11) is 0. The molecule has 180 valence electrons. The lowest BCUT2D eigenvalue weighted by Gasteiger charge is -2.35. The van der Waals surface area contributed by atoms with E-state index in [-0.39, 0.29) is 30.6 Å². The molecule has 1 fully saturated rings. The Labute approximate surface area is 197 Å². The van der Waals surface area contributed by atoms with Gasteiger partial charge in [0.15, 0.2) is 5.96 Å². The van der Waals surface area contributed by atoms with Crippen LogP contribution in [0.5, 0.6) is 0 Å². The zero-order valence-corrected chi connectivity index (χ0v) is 19.3. The number of amides is 2. The molecule has 1 aliphatic heterocycles. The second kappa shape index (κ2) is 9.79. The lowest BCUT2D eigenvalue weighted by Crippen LogP contribution is -2.50. The molecule has 0 spiro atoms. The van der Waals surface area contributed by atoms with Crippen LogP contribution in [-0.4, -0.2) is 42.8 Å². The van der Waals surface area contributed by atoms with Crippen LogP contribution in [0, 0.1) is 0 Å². The van der Waals surface area contributed by atoms with E-state index in [4.69, 9.17) is 0 Å². The molecule has 0 unspecified atom stereocenters. The maximum absolute atomic E-state index is 13.1. The number of hydrogen-bond acceptors (Lipinski definition) is 5. The Balaban J connectivity index is 1.46. The van der Waals surface area contributed by atoms with E-state index in [1.54, 1.807) is 24.3 Å². The molecule has 1 heterocycles. The number of guanidine groups is 1. The van der Waals surface area contributed by atoms with Gasteiger partial charge in [0, 0.05) is 54.5 Å². The van der Waals surface area contributed by atoms with Gasteiger partial charge < -0.3 is 16.0 Å². The lowest BCUT2D eigenvalue weighted by molar-refractivity contribution is -0.0901. The first kappa shape index (κ1) is 23.7. The van der Waals surface area contributed by atoms with Crippen LogP contribution < -0.4 is 21.3 Å². The van der Waals surface area contributed by atoms with Crippen LogP contribution in [0.15, 0.2) is 47.5 Å². The second-order valence-corrected chi connectivity index (χ2v) is 9.06. The molecule has 0 aromatic heterocycles. The number of nitrogens with zero attached hydrogens (tertiary/aromatic N) is 1. The van der Waals surface area contributed by atoms with Crippen molar-refractivity contribution in [3.05, 3.63) is 59.2 Å². The van der Waals surface area contributed by atoms with Crippen LogP contribution >= 0.6 is 0 Å². The summed E-state index contributed by atoms with van der Waals surface area (Å²) in [6.45, 7) is 5.54. The Morgan fingerprint density at radius 3 is 2.53 bits per heavy atom. The number of halogens is 2. The van der Waals surface area contributed by atoms with E-state index in [9.17, 15) is 18.4 Å². The van der Waals surface area contributed by atoms with E-state index in [0.29, 0.717) is 29.3 Å². The molecular formula is C25H29F2N5O2. The molecule has 1 aliphatic carbocycles. The molecule has 0 saturated heterocycles. The quantitative estimate of drug-likeness (QED) is 0.511. The van der Waals surface area contributed by atoms with Gasteiger partial charge in [-0.1, -0.05) is 19.9 Å². The fourth-order valence-corrected chi connectivity index (χ4v) is 4.02. The molecule has 0 radical (unpaired) electrons. The molecule has 9 heteroatoms. The van der Waals surface area contributed by atoms with E-state index in [1.807, 2.05) is 32.0 Å². The van der Waals surface area contributed by atoms with E-state index < -0.39 is 12.0 Å². The Morgan fingerprint density at radius 1 is 1.09 bits per heavy atom. The van der Waals surface area contributed by atoms with Crippen LogP contribution in [0.1, 0.15) is 65.3 Å². The summed E-state index contributed by atoms with van der Waals surface area (Å²) in [4.78, 5) is 29.4. The first-order chi connectivity index (χ1) is 16.2. The highest BCUT2D eigenvalue weighted by Crippen LogP contribution is 2.37. The third kappa shape index (κ3) is 5.70.